The number of halogens is 3. The van der Waals surface area contributed by atoms with Gasteiger partial charge in [0.05, 0.1) is 0 Å². The van der Waals surface area contributed by atoms with Gasteiger partial charge in [0.15, 0.2) is 11.6 Å². The summed E-state index contributed by atoms with van der Waals surface area (Å²) in [5, 5.41) is 0. The lowest BCUT2D eigenvalue weighted by molar-refractivity contribution is 0.112. The van der Waals surface area contributed by atoms with Gasteiger partial charge in [-0.05, 0) is 41.9 Å². The lowest BCUT2D eigenvalue weighted by atomic mass is 9.79. The summed E-state index contributed by atoms with van der Waals surface area (Å²) in [4.78, 5) is 10.8. The molecule has 1 aliphatic rings. The number of aldehydes is 1. The van der Waals surface area contributed by atoms with E-state index < -0.39 is 17.5 Å². The van der Waals surface area contributed by atoms with Crippen LogP contribution >= 0.6 is 0 Å². The van der Waals surface area contributed by atoms with Crippen molar-refractivity contribution in [1.29, 1.82) is 0 Å². The molecule has 30 heavy (non-hydrogen) atoms. The van der Waals surface area contributed by atoms with Crippen molar-refractivity contribution in [2.24, 2.45) is 5.92 Å². The monoisotopic (exact) mass is 408 g/mol. The zero-order chi connectivity index (χ0) is 21.3. The normalized spacial score (nSPS) is 18.9. The summed E-state index contributed by atoms with van der Waals surface area (Å²) in [5.41, 5.74) is 1.86. The molecule has 4 heteroatoms. The van der Waals surface area contributed by atoms with E-state index in [1.807, 2.05) is 6.07 Å². The van der Waals surface area contributed by atoms with Crippen LogP contribution in [0, 0.1) is 23.4 Å². The van der Waals surface area contributed by atoms with Crippen molar-refractivity contribution in [2.75, 3.05) is 0 Å². The second-order valence-electron chi connectivity index (χ2n) is 8.22. The average molecular weight is 408 g/mol. The molecule has 3 aromatic carbocycles. The summed E-state index contributed by atoms with van der Waals surface area (Å²) >= 11 is 0. The number of hydrogen-bond acceptors (Lipinski definition) is 1. The first-order chi connectivity index (χ1) is 14.5. The van der Waals surface area contributed by atoms with Gasteiger partial charge in [0.2, 0.25) is 0 Å². The molecular weight excluding hydrogens is 385 g/mol. The Labute approximate surface area is 174 Å². The standard InChI is InChI=1S/C26H23F3O/c1-16-2-6-18(7-3-16)20-10-11-22(24(27)14-20)23-13-12-21(25(28)26(23)29)19-8-4-17(15-30)5-9-19/h4-5,8-16,18H,2-3,6-7H2,1H3. The number of carbonyl (C=O) groups excluding carboxylic acids is 1. The van der Waals surface area contributed by atoms with Gasteiger partial charge in [0.1, 0.15) is 12.1 Å². The first-order valence-corrected chi connectivity index (χ1v) is 10.3. The van der Waals surface area contributed by atoms with Gasteiger partial charge in [-0.25, -0.2) is 13.2 Å². The maximum Gasteiger partial charge on any atom is 0.167 e. The van der Waals surface area contributed by atoms with Crippen LogP contribution in [0.3, 0.4) is 0 Å². The first-order valence-electron chi connectivity index (χ1n) is 10.3. The van der Waals surface area contributed by atoms with E-state index in [1.54, 1.807) is 18.2 Å². The quantitative estimate of drug-likeness (QED) is 0.408. The fourth-order valence-electron chi connectivity index (χ4n) is 4.32. The van der Waals surface area contributed by atoms with Gasteiger partial charge >= 0.3 is 0 Å². The minimum absolute atomic E-state index is 0.0576. The third kappa shape index (κ3) is 3.91. The van der Waals surface area contributed by atoms with Crippen molar-refractivity contribution in [3.63, 3.8) is 0 Å². The summed E-state index contributed by atoms with van der Waals surface area (Å²) in [7, 11) is 0. The van der Waals surface area contributed by atoms with Crippen LogP contribution in [0.25, 0.3) is 22.3 Å². The van der Waals surface area contributed by atoms with Gasteiger partial charge in [-0.15, -0.1) is 0 Å². The summed E-state index contributed by atoms with van der Waals surface area (Å²) in [6.45, 7) is 2.23. The van der Waals surface area contributed by atoms with Crippen LogP contribution in [0.5, 0.6) is 0 Å². The zero-order valence-corrected chi connectivity index (χ0v) is 16.8. The first kappa shape index (κ1) is 20.4. The highest BCUT2D eigenvalue weighted by molar-refractivity contribution is 5.78. The van der Waals surface area contributed by atoms with Crippen LogP contribution in [0.1, 0.15) is 54.4 Å². The van der Waals surface area contributed by atoms with E-state index in [1.165, 1.54) is 30.3 Å². The Hall–Kier alpha value is -2.88. The minimum atomic E-state index is -1.08. The smallest absolute Gasteiger partial charge is 0.167 e. The molecule has 0 aromatic heterocycles. The predicted molar refractivity (Wildman–Crippen MR) is 113 cm³/mol. The van der Waals surface area contributed by atoms with E-state index in [2.05, 4.69) is 6.92 Å². The highest BCUT2D eigenvalue weighted by Crippen LogP contribution is 2.38. The molecule has 0 unspecified atom stereocenters. The van der Waals surface area contributed by atoms with Gasteiger partial charge in [0, 0.05) is 22.3 Å². The fraction of sp³-hybridized carbons (Fsp3) is 0.269. The second kappa shape index (κ2) is 8.47. The van der Waals surface area contributed by atoms with Crippen molar-refractivity contribution in [1.82, 2.24) is 0 Å². The van der Waals surface area contributed by atoms with Gasteiger partial charge in [-0.3, -0.25) is 4.79 Å². The van der Waals surface area contributed by atoms with Crippen LogP contribution in [0.4, 0.5) is 13.2 Å². The molecule has 4 rings (SSSR count). The SMILES string of the molecule is CC1CCC(c2ccc(-c3ccc(-c4ccc(C=O)cc4)c(F)c3F)c(F)c2)CC1. The molecule has 3 aromatic rings. The fourth-order valence-corrected chi connectivity index (χ4v) is 4.32. The number of benzene rings is 3. The van der Waals surface area contributed by atoms with E-state index in [0.717, 1.165) is 31.2 Å². The van der Waals surface area contributed by atoms with E-state index in [0.29, 0.717) is 29.2 Å². The van der Waals surface area contributed by atoms with Crippen molar-refractivity contribution in [2.45, 2.75) is 38.5 Å². The van der Waals surface area contributed by atoms with E-state index in [-0.39, 0.29) is 16.7 Å². The van der Waals surface area contributed by atoms with Crippen molar-refractivity contribution in [3.8, 4) is 22.3 Å². The molecule has 0 bridgehead atoms. The van der Waals surface area contributed by atoms with Crippen LogP contribution in [-0.2, 0) is 0 Å². The molecule has 0 heterocycles. The molecule has 0 N–H and O–H groups in total. The molecule has 0 saturated heterocycles. The predicted octanol–water partition coefficient (Wildman–Crippen LogP) is 7.54. The Kier molecular flexibility index (Phi) is 5.76. The van der Waals surface area contributed by atoms with Gasteiger partial charge in [-0.1, -0.05) is 68.3 Å². The maximum absolute atomic E-state index is 14.9. The Morgan fingerprint density at radius 3 is 2.00 bits per heavy atom. The molecule has 0 spiro atoms. The molecular formula is C26H23F3O. The highest BCUT2D eigenvalue weighted by Gasteiger charge is 2.22. The maximum atomic E-state index is 14.9. The molecule has 0 atom stereocenters. The van der Waals surface area contributed by atoms with E-state index in [4.69, 9.17) is 0 Å². The van der Waals surface area contributed by atoms with Gasteiger partial charge in [0.25, 0.3) is 0 Å². The molecule has 1 saturated carbocycles. The van der Waals surface area contributed by atoms with Gasteiger partial charge < -0.3 is 0 Å². The molecule has 0 aliphatic heterocycles. The summed E-state index contributed by atoms with van der Waals surface area (Å²) in [6, 6.07) is 13.9. The van der Waals surface area contributed by atoms with Crippen molar-refractivity contribution >= 4 is 6.29 Å². The van der Waals surface area contributed by atoms with Crippen LogP contribution in [-0.4, -0.2) is 6.29 Å². The summed E-state index contributed by atoms with van der Waals surface area (Å²) in [5.74, 6) is -1.62. The van der Waals surface area contributed by atoms with E-state index in [9.17, 15) is 18.0 Å². The molecule has 1 fully saturated rings. The Balaban J connectivity index is 1.65. The Bertz CT molecular complexity index is 1060. The molecule has 0 radical (unpaired) electrons. The number of carbonyl (C=O) groups is 1. The lowest BCUT2D eigenvalue weighted by Gasteiger charge is -2.26. The largest absolute Gasteiger partial charge is 0.298 e. The Morgan fingerprint density at radius 1 is 0.767 bits per heavy atom. The molecule has 154 valence electrons. The third-order valence-electron chi connectivity index (χ3n) is 6.21. The second-order valence-corrected chi connectivity index (χ2v) is 8.22. The van der Waals surface area contributed by atoms with Crippen LogP contribution in [0.15, 0.2) is 54.6 Å². The molecule has 1 nitrogen and oxygen atoms in total. The third-order valence-corrected chi connectivity index (χ3v) is 6.21. The van der Waals surface area contributed by atoms with Crippen molar-refractivity contribution in [3.05, 3.63) is 83.2 Å². The average Bonchev–Trinajstić information content (AvgIpc) is 2.76. The minimum Gasteiger partial charge on any atom is -0.298 e. The topological polar surface area (TPSA) is 17.1 Å². The van der Waals surface area contributed by atoms with E-state index >= 15 is 0 Å². The van der Waals surface area contributed by atoms with Crippen LogP contribution < -0.4 is 0 Å². The van der Waals surface area contributed by atoms with Crippen LogP contribution in [0.2, 0.25) is 0 Å². The van der Waals surface area contributed by atoms with Crippen molar-refractivity contribution < 1.29 is 18.0 Å². The molecule has 1 aliphatic carbocycles. The zero-order valence-electron chi connectivity index (χ0n) is 16.8. The highest BCUT2D eigenvalue weighted by atomic mass is 19.2. The lowest BCUT2D eigenvalue weighted by Crippen LogP contribution is -2.11. The number of rotatable bonds is 4. The Morgan fingerprint density at radius 2 is 1.37 bits per heavy atom. The summed E-state index contributed by atoms with van der Waals surface area (Å²) < 4.78 is 44.5. The summed E-state index contributed by atoms with van der Waals surface area (Å²) in [6.07, 6.45) is 5.00. The molecule has 0 amide bonds. The number of hydrogen-bond donors (Lipinski definition) is 0. The van der Waals surface area contributed by atoms with Gasteiger partial charge in [-0.2, -0.15) is 0 Å².